The third-order valence-electron chi connectivity index (χ3n) is 3.00. The van der Waals surface area contributed by atoms with Crippen molar-refractivity contribution in [3.8, 4) is 17.1 Å². The largest absolute Gasteiger partial charge is 0.494 e. The Morgan fingerprint density at radius 2 is 1.95 bits per heavy atom. The van der Waals surface area contributed by atoms with Crippen molar-refractivity contribution < 1.29 is 14.3 Å². The van der Waals surface area contributed by atoms with Gasteiger partial charge in [0.05, 0.1) is 19.5 Å². The van der Waals surface area contributed by atoms with Gasteiger partial charge in [-0.1, -0.05) is 11.8 Å². The van der Waals surface area contributed by atoms with Gasteiger partial charge in [-0.25, -0.2) is 0 Å². The third kappa shape index (κ3) is 3.79. The van der Waals surface area contributed by atoms with E-state index in [2.05, 4.69) is 14.9 Å². The van der Waals surface area contributed by atoms with Gasteiger partial charge >= 0.3 is 5.97 Å². The van der Waals surface area contributed by atoms with Gasteiger partial charge in [0.1, 0.15) is 5.75 Å². The summed E-state index contributed by atoms with van der Waals surface area (Å²) in [5.41, 5.74) is 0.961. The molecule has 6 nitrogen and oxygen atoms in total. The first-order valence-corrected chi connectivity index (χ1v) is 8.04. The van der Waals surface area contributed by atoms with E-state index in [1.165, 1.54) is 18.9 Å². The Bertz CT molecular complexity index is 625. The number of carbonyl (C=O) groups is 1. The monoisotopic (exact) mass is 321 g/mol. The Morgan fingerprint density at radius 3 is 2.55 bits per heavy atom. The number of thioether (sulfide) groups is 1. The van der Waals surface area contributed by atoms with Crippen LogP contribution in [0, 0.1) is 0 Å². The zero-order chi connectivity index (χ0) is 15.9. The summed E-state index contributed by atoms with van der Waals surface area (Å²) >= 11 is 1.32. The Balaban J connectivity index is 2.20. The molecule has 2 aromatic rings. The Labute approximate surface area is 133 Å². The molecule has 0 fully saturated rings. The zero-order valence-electron chi connectivity index (χ0n) is 12.9. The first kappa shape index (κ1) is 16.4. The molecule has 0 aliphatic rings. The molecule has 22 heavy (non-hydrogen) atoms. The van der Waals surface area contributed by atoms with E-state index in [1.54, 1.807) is 0 Å². The van der Waals surface area contributed by atoms with Gasteiger partial charge in [0.15, 0.2) is 11.0 Å². The average molecular weight is 321 g/mol. The van der Waals surface area contributed by atoms with Gasteiger partial charge in [-0.2, -0.15) is 0 Å². The second-order valence-corrected chi connectivity index (χ2v) is 5.32. The lowest BCUT2D eigenvalue weighted by Gasteiger charge is -2.08. The molecule has 0 N–H and O–H groups in total. The van der Waals surface area contributed by atoms with Crippen molar-refractivity contribution in [2.45, 2.75) is 25.5 Å². The highest BCUT2D eigenvalue weighted by atomic mass is 32.2. The summed E-state index contributed by atoms with van der Waals surface area (Å²) in [5.74, 6) is 1.54. The molecule has 0 saturated heterocycles. The van der Waals surface area contributed by atoms with Crippen LogP contribution >= 0.6 is 11.8 Å². The highest BCUT2D eigenvalue weighted by molar-refractivity contribution is 7.99. The first-order valence-electron chi connectivity index (χ1n) is 7.05. The molecule has 0 radical (unpaired) electrons. The van der Waals surface area contributed by atoms with Crippen molar-refractivity contribution in [1.82, 2.24) is 14.8 Å². The molecule has 118 valence electrons. The predicted octanol–water partition coefficient (Wildman–Crippen LogP) is 2.63. The minimum absolute atomic E-state index is 0.220. The van der Waals surface area contributed by atoms with Crippen molar-refractivity contribution in [3.05, 3.63) is 24.3 Å². The van der Waals surface area contributed by atoms with Crippen molar-refractivity contribution in [2.75, 3.05) is 19.5 Å². The van der Waals surface area contributed by atoms with Crippen LogP contribution in [-0.4, -0.2) is 40.2 Å². The molecule has 0 aliphatic heterocycles. The van der Waals surface area contributed by atoms with Crippen LogP contribution in [0.15, 0.2) is 29.4 Å². The number of esters is 1. The maximum Gasteiger partial charge on any atom is 0.316 e. The normalized spacial score (nSPS) is 10.5. The van der Waals surface area contributed by atoms with Gasteiger partial charge in [0, 0.05) is 12.1 Å². The van der Waals surface area contributed by atoms with Crippen molar-refractivity contribution in [3.63, 3.8) is 0 Å². The molecular weight excluding hydrogens is 302 g/mol. The van der Waals surface area contributed by atoms with E-state index >= 15 is 0 Å². The molecule has 0 unspecified atom stereocenters. The Kier molecular flexibility index (Phi) is 5.83. The number of aromatic nitrogens is 3. The van der Waals surface area contributed by atoms with Crippen LogP contribution < -0.4 is 4.74 Å². The van der Waals surface area contributed by atoms with Crippen LogP contribution in [0.3, 0.4) is 0 Å². The number of ether oxygens (including phenoxy) is 2. The second kappa shape index (κ2) is 7.84. The molecule has 2 rings (SSSR count). The number of benzene rings is 1. The lowest BCUT2D eigenvalue weighted by Crippen LogP contribution is -2.05. The molecule has 0 bridgehead atoms. The van der Waals surface area contributed by atoms with E-state index in [9.17, 15) is 4.79 Å². The topological polar surface area (TPSA) is 66.2 Å². The number of methoxy groups -OCH3 is 1. The standard InChI is InChI=1S/C15H19N3O3S/c1-4-18-14(11-6-8-12(9-7-11)21-5-2)16-17-15(18)22-10-13(19)20-3/h6-9H,4-5,10H2,1-3H3. The van der Waals surface area contributed by atoms with Crippen LogP contribution in [0.5, 0.6) is 5.75 Å². The van der Waals surface area contributed by atoms with E-state index in [-0.39, 0.29) is 11.7 Å². The molecule has 7 heteroatoms. The average Bonchev–Trinajstić information content (AvgIpc) is 2.96. The van der Waals surface area contributed by atoms with Crippen LogP contribution in [-0.2, 0) is 16.1 Å². The van der Waals surface area contributed by atoms with Gasteiger partial charge in [-0.3, -0.25) is 4.79 Å². The lowest BCUT2D eigenvalue weighted by molar-refractivity contribution is -0.137. The van der Waals surface area contributed by atoms with Crippen molar-refractivity contribution >= 4 is 17.7 Å². The maximum atomic E-state index is 11.2. The van der Waals surface area contributed by atoms with Crippen molar-refractivity contribution in [1.29, 1.82) is 0 Å². The highest BCUT2D eigenvalue weighted by Crippen LogP contribution is 2.25. The highest BCUT2D eigenvalue weighted by Gasteiger charge is 2.14. The number of nitrogens with zero attached hydrogens (tertiary/aromatic N) is 3. The van der Waals surface area contributed by atoms with Crippen LogP contribution in [0.2, 0.25) is 0 Å². The smallest absolute Gasteiger partial charge is 0.316 e. The maximum absolute atomic E-state index is 11.2. The number of hydrogen-bond donors (Lipinski definition) is 0. The second-order valence-electron chi connectivity index (χ2n) is 4.37. The Hall–Kier alpha value is -2.02. The number of carbonyl (C=O) groups excluding carboxylic acids is 1. The van der Waals surface area contributed by atoms with Crippen molar-refractivity contribution in [2.24, 2.45) is 0 Å². The van der Waals surface area contributed by atoms with Gasteiger partial charge < -0.3 is 14.0 Å². The lowest BCUT2D eigenvalue weighted by atomic mass is 10.2. The van der Waals surface area contributed by atoms with Gasteiger partial charge in [0.2, 0.25) is 0 Å². The van der Waals surface area contributed by atoms with Gasteiger partial charge in [-0.15, -0.1) is 10.2 Å². The number of hydrogen-bond acceptors (Lipinski definition) is 6. The molecular formula is C15H19N3O3S. The summed E-state index contributed by atoms with van der Waals surface area (Å²) in [7, 11) is 1.37. The van der Waals surface area contributed by atoms with E-state index < -0.39 is 0 Å². The van der Waals surface area contributed by atoms with Gasteiger partial charge in [-0.05, 0) is 38.1 Å². The summed E-state index contributed by atoms with van der Waals surface area (Å²) in [5, 5.41) is 9.11. The summed E-state index contributed by atoms with van der Waals surface area (Å²) in [4.78, 5) is 11.2. The molecule has 1 heterocycles. The summed E-state index contributed by atoms with van der Waals surface area (Å²) in [6, 6.07) is 7.73. The van der Waals surface area contributed by atoms with E-state index in [0.717, 1.165) is 23.7 Å². The molecule has 0 saturated carbocycles. The zero-order valence-corrected chi connectivity index (χ0v) is 13.7. The fourth-order valence-corrected chi connectivity index (χ4v) is 2.78. The van der Waals surface area contributed by atoms with E-state index in [0.29, 0.717) is 11.8 Å². The molecule has 0 atom stereocenters. The first-order chi connectivity index (χ1) is 10.7. The van der Waals surface area contributed by atoms with E-state index in [4.69, 9.17) is 4.74 Å². The summed E-state index contributed by atoms with van der Waals surface area (Å²) < 4.78 is 12.1. The van der Waals surface area contributed by atoms with Gasteiger partial charge in [0.25, 0.3) is 0 Å². The SMILES string of the molecule is CCOc1ccc(-c2nnc(SCC(=O)OC)n2CC)cc1. The quantitative estimate of drug-likeness (QED) is 0.577. The van der Waals surface area contributed by atoms with Crippen LogP contribution in [0.25, 0.3) is 11.4 Å². The summed E-state index contributed by atoms with van der Waals surface area (Å²) in [6.45, 7) is 5.33. The molecule has 0 spiro atoms. The molecule has 1 aromatic heterocycles. The molecule has 0 amide bonds. The fraction of sp³-hybridized carbons (Fsp3) is 0.400. The molecule has 1 aromatic carbocycles. The van der Waals surface area contributed by atoms with Crippen LogP contribution in [0.4, 0.5) is 0 Å². The van der Waals surface area contributed by atoms with E-state index in [1.807, 2.05) is 42.7 Å². The minimum Gasteiger partial charge on any atom is -0.494 e. The minimum atomic E-state index is -0.279. The Morgan fingerprint density at radius 1 is 1.23 bits per heavy atom. The van der Waals surface area contributed by atoms with Crippen LogP contribution in [0.1, 0.15) is 13.8 Å². The summed E-state index contributed by atoms with van der Waals surface area (Å²) in [6.07, 6.45) is 0. The molecule has 0 aliphatic carbocycles. The third-order valence-corrected chi connectivity index (χ3v) is 3.94. The fourth-order valence-electron chi connectivity index (χ4n) is 1.94. The predicted molar refractivity (Wildman–Crippen MR) is 85.0 cm³/mol. The number of rotatable bonds is 7.